The molecule has 1 aromatic carbocycles. The Kier molecular flexibility index (Phi) is 4.04. The summed E-state index contributed by atoms with van der Waals surface area (Å²) in [6, 6.07) is 12.2. The number of benzene rings is 1. The Morgan fingerprint density at radius 3 is 2.68 bits per heavy atom. The molecule has 1 aliphatic carbocycles. The molecule has 2 N–H and O–H groups in total. The highest BCUT2D eigenvalue weighted by Crippen LogP contribution is 2.42. The molecule has 7 heteroatoms. The number of carbonyl (C=O) groups is 1. The molecule has 7 nitrogen and oxygen atoms in total. The van der Waals surface area contributed by atoms with Crippen LogP contribution in [-0.4, -0.2) is 31.9 Å². The number of aromatic nitrogens is 4. The van der Waals surface area contributed by atoms with Crippen LogP contribution in [0.3, 0.4) is 0 Å². The van der Waals surface area contributed by atoms with Crippen LogP contribution in [0.1, 0.15) is 28.4 Å². The van der Waals surface area contributed by atoms with E-state index in [9.17, 15) is 4.79 Å². The number of hydrogen-bond donors (Lipinski definition) is 2. The van der Waals surface area contributed by atoms with E-state index >= 15 is 0 Å². The zero-order valence-corrected chi connectivity index (χ0v) is 13.3. The van der Waals surface area contributed by atoms with E-state index in [2.05, 4.69) is 42.7 Å². The molecule has 25 heavy (non-hydrogen) atoms. The lowest BCUT2D eigenvalue weighted by Crippen LogP contribution is -2.16. The van der Waals surface area contributed by atoms with Crippen molar-refractivity contribution < 1.29 is 4.79 Å². The predicted octanol–water partition coefficient (Wildman–Crippen LogP) is 2.49. The van der Waals surface area contributed by atoms with Crippen LogP contribution in [0, 0.1) is 0 Å². The van der Waals surface area contributed by atoms with Gasteiger partial charge in [0.2, 0.25) is 5.95 Å². The largest absolute Gasteiger partial charge is 0.351 e. The highest BCUT2D eigenvalue weighted by atomic mass is 16.1. The molecule has 2 heterocycles. The lowest BCUT2D eigenvalue weighted by Gasteiger charge is -2.07. The van der Waals surface area contributed by atoms with Gasteiger partial charge in [0, 0.05) is 18.2 Å². The fraction of sp³-hybridized carbons (Fsp3) is 0.167. The standard InChI is InChI=1S/C18H16N6O/c25-17(22-13-9-19-11-20-10-13)15-6-7-21-18(23-15)24-16-8-14(16)12-4-2-1-3-5-12/h1-7,9-11,14,16H,8H2,(H,22,25)(H,21,23,24)/t14-,16+/m1/s1. The van der Waals surface area contributed by atoms with Crippen molar-refractivity contribution in [1.29, 1.82) is 0 Å². The molecule has 0 radical (unpaired) electrons. The fourth-order valence-electron chi connectivity index (χ4n) is 2.70. The second-order valence-corrected chi connectivity index (χ2v) is 5.85. The molecule has 0 bridgehead atoms. The van der Waals surface area contributed by atoms with Crippen LogP contribution in [0.4, 0.5) is 11.6 Å². The number of nitrogens with zero attached hydrogens (tertiary/aromatic N) is 4. The minimum Gasteiger partial charge on any atom is -0.351 e. The molecule has 1 saturated carbocycles. The molecule has 0 spiro atoms. The molecule has 1 aliphatic rings. The number of anilines is 2. The summed E-state index contributed by atoms with van der Waals surface area (Å²) in [6.07, 6.45) is 7.07. The van der Waals surface area contributed by atoms with Gasteiger partial charge >= 0.3 is 0 Å². The van der Waals surface area contributed by atoms with Gasteiger partial charge in [0.25, 0.3) is 5.91 Å². The highest BCUT2D eigenvalue weighted by molar-refractivity contribution is 6.02. The Labute approximate surface area is 144 Å². The van der Waals surface area contributed by atoms with Crippen molar-refractivity contribution >= 4 is 17.5 Å². The lowest BCUT2D eigenvalue weighted by molar-refractivity contribution is 0.102. The van der Waals surface area contributed by atoms with Gasteiger partial charge in [-0.2, -0.15) is 0 Å². The van der Waals surface area contributed by atoms with E-state index in [4.69, 9.17) is 0 Å². The smallest absolute Gasteiger partial charge is 0.274 e. The summed E-state index contributed by atoms with van der Waals surface area (Å²) in [5.41, 5.74) is 2.11. The van der Waals surface area contributed by atoms with Gasteiger partial charge < -0.3 is 10.6 Å². The van der Waals surface area contributed by atoms with E-state index in [1.54, 1.807) is 12.3 Å². The SMILES string of the molecule is O=C(Nc1cncnc1)c1ccnc(N[C@H]2C[C@@H]2c2ccccc2)n1. The first-order valence-electron chi connectivity index (χ1n) is 8.00. The monoisotopic (exact) mass is 332 g/mol. The first kappa shape index (κ1) is 15.2. The summed E-state index contributed by atoms with van der Waals surface area (Å²) in [5, 5.41) is 6.00. The highest BCUT2D eigenvalue weighted by Gasteiger charge is 2.38. The maximum atomic E-state index is 12.3. The van der Waals surface area contributed by atoms with E-state index in [1.807, 2.05) is 18.2 Å². The molecule has 4 rings (SSSR count). The first-order chi connectivity index (χ1) is 12.3. The van der Waals surface area contributed by atoms with E-state index in [-0.39, 0.29) is 5.91 Å². The Bertz CT molecular complexity index is 871. The quantitative estimate of drug-likeness (QED) is 0.746. The third-order valence-electron chi connectivity index (χ3n) is 4.04. The zero-order chi connectivity index (χ0) is 17.1. The molecule has 0 saturated heterocycles. The molecule has 1 amide bonds. The van der Waals surface area contributed by atoms with Crippen molar-refractivity contribution in [1.82, 2.24) is 19.9 Å². The maximum Gasteiger partial charge on any atom is 0.274 e. The number of hydrogen-bond acceptors (Lipinski definition) is 6. The summed E-state index contributed by atoms with van der Waals surface area (Å²) >= 11 is 0. The maximum absolute atomic E-state index is 12.3. The van der Waals surface area contributed by atoms with Gasteiger partial charge in [0.05, 0.1) is 18.1 Å². The van der Waals surface area contributed by atoms with Gasteiger partial charge in [0.15, 0.2) is 0 Å². The predicted molar refractivity (Wildman–Crippen MR) is 93.2 cm³/mol. The van der Waals surface area contributed by atoms with Gasteiger partial charge in [-0.05, 0) is 18.1 Å². The molecule has 2 aromatic heterocycles. The number of carbonyl (C=O) groups excluding carboxylic acids is 1. The van der Waals surface area contributed by atoms with Gasteiger partial charge in [-0.25, -0.2) is 19.9 Å². The Balaban J connectivity index is 1.41. The second kappa shape index (κ2) is 6.64. The third-order valence-corrected chi connectivity index (χ3v) is 4.04. The Morgan fingerprint density at radius 1 is 1.08 bits per heavy atom. The van der Waals surface area contributed by atoms with Crippen molar-refractivity contribution in [3.63, 3.8) is 0 Å². The van der Waals surface area contributed by atoms with Crippen LogP contribution in [0.15, 0.2) is 61.3 Å². The molecule has 2 atom stereocenters. The Hall–Kier alpha value is -3.35. The van der Waals surface area contributed by atoms with E-state index in [0.29, 0.717) is 29.3 Å². The van der Waals surface area contributed by atoms with E-state index in [0.717, 1.165) is 6.42 Å². The number of rotatable bonds is 5. The Morgan fingerprint density at radius 2 is 1.88 bits per heavy atom. The second-order valence-electron chi connectivity index (χ2n) is 5.85. The molecule has 1 fully saturated rings. The van der Waals surface area contributed by atoms with Gasteiger partial charge in [-0.15, -0.1) is 0 Å². The molecule has 0 aliphatic heterocycles. The molecule has 124 valence electrons. The third kappa shape index (κ3) is 3.60. The summed E-state index contributed by atoms with van der Waals surface area (Å²) in [6.45, 7) is 0. The topological polar surface area (TPSA) is 92.7 Å². The van der Waals surface area contributed by atoms with Crippen LogP contribution in [-0.2, 0) is 0 Å². The normalized spacial score (nSPS) is 18.4. The summed E-state index contributed by atoms with van der Waals surface area (Å²) in [7, 11) is 0. The zero-order valence-electron chi connectivity index (χ0n) is 13.3. The molecular formula is C18H16N6O. The summed E-state index contributed by atoms with van der Waals surface area (Å²) in [4.78, 5) is 28.5. The van der Waals surface area contributed by atoms with Crippen LogP contribution in [0.25, 0.3) is 0 Å². The minimum absolute atomic E-state index is 0.290. The van der Waals surface area contributed by atoms with Crippen molar-refractivity contribution in [2.24, 2.45) is 0 Å². The first-order valence-corrected chi connectivity index (χ1v) is 8.00. The average molecular weight is 332 g/mol. The van der Waals surface area contributed by atoms with E-state index in [1.165, 1.54) is 24.3 Å². The van der Waals surface area contributed by atoms with Gasteiger partial charge in [-0.1, -0.05) is 30.3 Å². The number of amides is 1. The number of nitrogens with one attached hydrogen (secondary N) is 2. The van der Waals surface area contributed by atoms with Crippen LogP contribution in [0.2, 0.25) is 0 Å². The van der Waals surface area contributed by atoms with Crippen molar-refractivity contribution in [3.8, 4) is 0 Å². The molecule has 3 aromatic rings. The molecular weight excluding hydrogens is 316 g/mol. The molecule has 0 unspecified atom stereocenters. The van der Waals surface area contributed by atoms with E-state index < -0.39 is 0 Å². The van der Waals surface area contributed by atoms with Crippen LogP contribution >= 0.6 is 0 Å². The lowest BCUT2D eigenvalue weighted by atomic mass is 10.1. The van der Waals surface area contributed by atoms with Crippen molar-refractivity contribution in [2.75, 3.05) is 10.6 Å². The van der Waals surface area contributed by atoms with Crippen LogP contribution < -0.4 is 10.6 Å². The summed E-state index contributed by atoms with van der Waals surface area (Å²) in [5.74, 6) is 0.597. The van der Waals surface area contributed by atoms with Crippen molar-refractivity contribution in [2.45, 2.75) is 18.4 Å². The minimum atomic E-state index is -0.323. The van der Waals surface area contributed by atoms with Gasteiger partial charge in [0.1, 0.15) is 12.0 Å². The average Bonchev–Trinajstić information content (AvgIpc) is 3.43. The van der Waals surface area contributed by atoms with Crippen molar-refractivity contribution in [3.05, 3.63) is 72.6 Å². The van der Waals surface area contributed by atoms with Gasteiger partial charge in [-0.3, -0.25) is 4.79 Å². The summed E-state index contributed by atoms with van der Waals surface area (Å²) < 4.78 is 0. The van der Waals surface area contributed by atoms with Crippen LogP contribution in [0.5, 0.6) is 0 Å². The fourth-order valence-corrected chi connectivity index (χ4v) is 2.70.